The smallest absolute Gasteiger partial charge is 0.315 e. The van der Waals surface area contributed by atoms with E-state index in [-0.39, 0.29) is 10.5 Å². The van der Waals surface area contributed by atoms with Gasteiger partial charge in [-0.25, -0.2) is 13.1 Å². The number of hydrogen-bond acceptors (Lipinski definition) is 3. The lowest BCUT2D eigenvalue weighted by molar-refractivity contribution is -0.137. The molecular formula is C12H14BrF3N2O2S. The predicted octanol–water partition coefficient (Wildman–Crippen LogP) is 2.50. The summed E-state index contributed by atoms with van der Waals surface area (Å²) in [6.07, 6.45) is -3.12. The molecule has 2 rings (SSSR count). The minimum Gasteiger partial charge on any atom is -0.315 e. The Morgan fingerprint density at radius 1 is 1.29 bits per heavy atom. The molecule has 0 bridgehead atoms. The summed E-state index contributed by atoms with van der Waals surface area (Å²) in [7, 11) is -3.99. The molecule has 0 radical (unpaired) electrons. The standard InChI is InChI=1S/C12H14BrF3N2O2S/c13-9-4-8(12(14,15)16)5-11(6-9)21(19,20)18-10-2-1-3-17-7-10/h4-6,10,17-18H,1-3,7H2. The van der Waals surface area contributed by atoms with Crippen LogP contribution in [0, 0.1) is 0 Å². The van der Waals surface area contributed by atoms with Gasteiger partial charge in [0.05, 0.1) is 10.5 Å². The van der Waals surface area contributed by atoms with Crippen molar-refractivity contribution in [2.45, 2.75) is 30.0 Å². The van der Waals surface area contributed by atoms with Gasteiger partial charge in [-0.05, 0) is 37.6 Å². The fourth-order valence-electron chi connectivity index (χ4n) is 2.12. The second-order valence-corrected chi connectivity index (χ2v) is 7.47. The van der Waals surface area contributed by atoms with Gasteiger partial charge in [0, 0.05) is 17.1 Å². The quantitative estimate of drug-likeness (QED) is 0.838. The zero-order valence-corrected chi connectivity index (χ0v) is 13.3. The van der Waals surface area contributed by atoms with E-state index in [0.29, 0.717) is 19.0 Å². The van der Waals surface area contributed by atoms with Gasteiger partial charge in [-0.2, -0.15) is 13.2 Å². The van der Waals surface area contributed by atoms with Crippen molar-refractivity contribution in [3.05, 3.63) is 28.2 Å². The Kier molecular flexibility index (Phi) is 4.96. The van der Waals surface area contributed by atoms with Crippen molar-refractivity contribution in [3.8, 4) is 0 Å². The molecule has 1 heterocycles. The number of nitrogens with one attached hydrogen (secondary N) is 2. The molecule has 1 fully saturated rings. The summed E-state index contributed by atoms with van der Waals surface area (Å²) < 4.78 is 65.2. The summed E-state index contributed by atoms with van der Waals surface area (Å²) in [5.74, 6) is 0. The Labute approximate surface area is 129 Å². The van der Waals surface area contributed by atoms with Gasteiger partial charge in [0.25, 0.3) is 0 Å². The lowest BCUT2D eigenvalue weighted by Gasteiger charge is -2.23. The molecule has 1 aliphatic rings. The van der Waals surface area contributed by atoms with Gasteiger partial charge in [0.1, 0.15) is 0 Å². The largest absolute Gasteiger partial charge is 0.416 e. The highest BCUT2D eigenvalue weighted by atomic mass is 79.9. The van der Waals surface area contributed by atoms with Crippen LogP contribution in [0.4, 0.5) is 13.2 Å². The lowest BCUT2D eigenvalue weighted by atomic mass is 10.1. The lowest BCUT2D eigenvalue weighted by Crippen LogP contribution is -2.45. The van der Waals surface area contributed by atoms with E-state index in [2.05, 4.69) is 26.0 Å². The maximum atomic E-state index is 12.7. The van der Waals surface area contributed by atoms with Gasteiger partial charge in [-0.1, -0.05) is 15.9 Å². The average molecular weight is 387 g/mol. The molecule has 21 heavy (non-hydrogen) atoms. The molecule has 0 amide bonds. The molecule has 0 aromatic heterocycles. The minimum atomic E-state index is -4.60. The Balaban J connectivity index is 2.29. The zero-order valence-electron chi connectivity index (χ0n) is 10.9. The maximum Gasteiger partial charge on any atom is 0.416 e. The van der Waals surface area contributed by atoms with Crippen molar-refractivity contribution in [1.82, 2.24) is 10.0 Å². The maximum absolute atomic E-state index is 12.7. The highest BCUT2D eigenvalue weighted by molar-refractivity contribution is 9.10. The third kappa shape index (κ3) is 4.41. The van der Waals surface area contributed by atoms with Crippen LogP contribution in [-0.4, -0.2) is 27.5 Å². The molecule has 1 atom stereocenters. The highest BCUT2D eigenvalue weighted by Gasteiger charge is 2.33. The van der Waals surface area contributed by atoms with Crippen LogP contribution in [0.15, 0.2) is 27.6 Å². The van der Waals surface area contributed by atoms with Crippen molar-refractivity contribution >= 4 is 26.0 Å². The third-order valence-corrected chi connectivity index (χ3v) is 5.09. The van der Waals surface area contributed by atoms with E-state index < -0.39 is 26.7 Å². The molecule has 0 spiro atoms. The third-order valence-electron chi connectivity index (χ3n) is 3.13. The number of alkyl halides is 3. The van der Waals surface area contributed by atoms with E-state index in [1.807, 2.05) is 0 Å². The predicted molar refractivity (Wildman–Crippen MR) is 75.4 cm³/mol. The number of sulfonamides is 1. The van der Waals surface area contributed by atoms with Crippen LogP contribution in [0.1, 0.15) is 18.4 Å². The van der Waals surface area contributed by atoms with Gasteiger partial charge >= 0.3 is 6.18 Å². The molecule has 0 saturated carbocycles. The second kappa shape index (κ2) is 6.23. The molecule has 1 aromatic carbocycles. The van der Waals surface area contributed by atoms with Crippen molar-refractivity contribution in [2.75, 3.05) is 13.1 Å². The van der Waals surface area contributed by atoms with Gasteiger partial charge in [0.15, 0.2) is 0 Å². The van der Waals surface area contributed by atoms with Crippen LogP contribution < -0.4 is 10.0 Å². The fourth-order valence-corrected chi connectivity index (χ4v) is 4.11. The van der Waals surface area contributed by atoms with Crippen LogP contribution in [0.2, 0.25) is 0 Å². The topological polar surface area (TPSA) is 58.2 Å². The second-order valence-electron chi connectivity index (χ2n) is 4.84. The molecule has 4 nitrogen and oxygen atoms in total. The Morgan fingerprint density at radius 3 is 2.57 bits per heavy atom. The molecule has 1 unspecified atom stereocenters. The molecule has 2 N–H and O–H groups in total. The Morgan fingerprint density at radius 2 is 2.00 bits per heavy atom. The highest BCUT2D eigenvalue weighted by Crippen LogP contribution is 2.33. The summed E-state index contributed by atoms with van der Waals surface area (Å²) in [6.45, 7) is 1.28. The van der Waals surface area contributed by atoms with Crippen LogP contribution in [0.5, 0.6) is 0 Å². The van der Waals surface area contributed by atoms with E-state index in [9.17, 15) is 21.6 Å². The first-order valence-corrected chi connectivity index (χ1v) is 8.57. The van der Waals surface area contributed by atoms with Gasteiger partial charge in [0.2, 0.25) is 10.0 Å². The molecular weight excluding hydrogens is 373 g/mol. The van der Waals surface area contributed by atoms with Crippen LogP contribution >= 0.6 is 15.9 Å². The summed E-state index contributed by atoms with van der Waals surface area (Å²) in [5, 5.41) is 3.04. The van der Waals surface area contributed by atoms with Crippen molar-refractivity contribution < 1.29 is 21.6 Å². The summed E-state index contributed by atoms with van der Waals surface area (Å²) in [4.78, 5) is -0.394. The zero-order chi connectivity index (χ0) is 15.7. The SMILES string of the molecule is O=S(=O)(NC1CCCNC1)c1cc(Br)cc(C(F)(F)F)c1. The van der Waals surface area contributed by atoms with E-state index in [4.69, 9.17) is 0 Å². The molecule has 0 aliphatic carbocycles. The van der Waals surface area contributed by atoms with Gasteiger partial charge < -0.3 is 5.32 Å². The number of rotatable bonds is 3. The Bertz CT molecular complexity index is 613. The van der Waals surface area contributed by atoms with Gasteiger partial charge in [-0.3, -0.25) is 0 Å². The number of hydrogen-bond donors (Lipinski definition) is 2. The monoisotopic (exact) mass is 386 g/mol. The summed E-state index contributed by atoms with van der Waals surface area (Å²) in [5.41, 5.74) is -1.00. The first-order chi connectivity index (χ1) is 9.68. The van der Waals surface area contributed by atoms with Crippen molar-refractivity contribution in [1.29, 1.82) is 0 Å². The van der Waals surface area contributed by atoms with Crippen LogP contribution in [-0.2, 0) is 16.2 Å². The first kappa shape index (κ1) is 16.7. The average Bonchev–Trinajstić information content (AvgIpc) is 2.37. The fraction of sp³-hybridized carbons (Fsp3) is 0.500. The van der Waals surface area contributed by atoms with Crippen LogP contribution in [0.25, 0.3) is 0 Å². The number of halogens is 4. The van der Waals surface area contributed by atoms with E-state index >= 15 is 0 Å². The molecule has 1 aliphatic heterocycles. The van der Waals surface area contributed by atoms with Crippen LogP contribution in [0.3, 0.4) is 0 Å². The van der Waals surface area contributed by atoms with Crippen molar-refractivity contribution in [3.63, 3.8) is 0 Å². The molecule has 118 valence electrons. The normalized spacial score (nSPS) is 20.5. The Hall–Kier alpha value is -0.640. The van der Waals surface area contributed by atoms with E-state index in [1.165, 1.54) is 0 Å². The first-order valence-electron chi connectivity index (χ1n) is 6.29. The summed E-state index contributed by atoms with van der Waals surface area (Å²) in [6, 6.07) is 2.34. The molecule has 9 heteroatoms. The van der Waals surface area contributed by atoms with Gasteiger partial charge in [-0.15, -0.1) is 0 Å². The van der Waals surface area contributed by atoms with Crippen molar-refractivity contribution in [2.24, 2.45) is 0 Å². The molecule has 1 saturated heterocycles. The number of benzene rings is 1. The summed E-state index contributed by atoms with van der Waals surface area (Å²) >= 11 is 2.92. The minimum absolute atomic E-state index is 0.0690. The number of piperidine rings is 1. The molecule has 1 aromatic rings. The van der Waals surface area contributed by atoms with E-state index in [0.717, 1.165) is 25.1 Å². The van der Waals surface area contributed by atoms with E-state index in [1.54, 1.807) is 0 Å².